The number of halogens is 1. The van der Waals surface area contributed by atoms with Crippen LogP contribution in [0.5, 0.6) is 0 Å². The van der Waals surface area contributed by atoms with Gasteiger partial charge in [0.15, 0.2) is 5.78 Å². The molecule has 3 rings (SSSR count). The van der Waals surface area contributed by atoms with E-state index in [1.807, 2.05) is 24.3 Å². The first-order chi connectivity index (χ1) is 8.94. The van der Waals surface area contributed by atoms with E-state index in [2.05, 4.69) is 18.8 Å². The molecule has 0 aromatic carbocycles. The second-order valence-corrected chi connectivity index (χ2v) is 7.45. The molecule has 1 aliphatic rings. The van der Waals surface area contributed by atoms with Crippen molar-refractivity contribution < 1.29 is 4.79 Å². The molecule has 0 spiro atoms. The molecule has 0 saturated carbocycles. The van der Waals surface area contributed by atoms with Gasteiger partial charge in [0, 0.05) is 12.0 Å². The molecular weight excluding hydrogens is 278 g/mol. The molecule has 0 N–H and O–H groups in total. The molecule has 2 nitrogen and oxygen atoms in total. The van der Waals surface area contributed by atoms with Crippen molar-refractivity contribution in [1.82, 2.24) is 4.98 Å². The largest absolute Gasteiger partial charge is 0.294 e. The summed E-state index contributed by atoms with van der Waals surface area (Å²) in [6.07, 6.45) is 1.45. The van der Waals surface area contributed by atoms with Gasteiger partial charge in [-0.25, -0.2) is 0 Å². The van der Waals surface area contributed by atoms with Gasteiger partial charge in [-0.1, -0.05) is 25.4 Å². The highest BCUT2D eigenvalue weighted by molar-refractivity contribution is 7.19. The standard InChI is InChI=1S/C15H14ClNOS/c1-15(2)7-11-9(12(18)8-15)3-4-10(17-11)13-5-6-14(16)19-13/h3-6H,7-8H2,1-2H3. The number of carbonyl (C=O) groups is 1. The molecule has 0 amide bonds. The van der Waals surface area contributed by atoms with Crippen LogP contribution >= 0.6 is 22.9 Å². The quantitative estimate of drug-likeness (QED) is 0.767. The summed E-state index contributed by atoms with van der Waals surface area (Å²) in [5.74, 6) is 0.203. The van der Waals surface area contributed by atoms with Crippen molar-refractivity contribution in [3.8, 4) is 10.6 Å². The first-order valence-corrected chi connectivity index (χ1v) is 7.43. The number of hydrogen-bond acceptors (Lipinski definition) is 3. The molecule has 2 aromatic rings. The van der Waals surface area contributed by atoms with Crippen LogP contribution in [0.4, 0.5) is 0 Å². The van der Waals surface area contributed by atoms with Gasteiger partial charge in [0.2, 0.25) is 0 Å². The lowest BCUT2D eigenvalue weighted by Crippen LogP contribution is -2.27. The van der Waals surface area contributed by atoms with Crippen molar-refractivity contribution in [2.24, 2.45) is 5.41 Å². The molecule has 0 unspecified atom stereocenters. The van der Waals surface area contributed by atoms with Gasteiger partial charge in [-0.2, -0.15) is 0 Å². The summed E-state index contributed by atoms with van der Waals surface area (Å²) in [6, 6.07) is 7.66. The van der Waals surface area contributed by atoms with Crippen molar-refractivity contribution in [2.45, 2.75) is 26.7 Å². The number of nitrogens with zero attached hydrogens (tertiary/aromatic N) is 1. The minimum atomic E-state index is 0.00278. The molecule has 0 aliphatic heterocycles. The lowest BCUT2D eigenvalue weighted by Gasteiger charge is -2.29. The Hall–Kier alpha value is -1.19. The van der Waals surface area contributed by atoms with Crippen LogP contribution in [-0.2, 0) is 6.42 Å². The van der Waals surface area contributed by atoms with Crippen molar-refractivity contribution in [3.63, 3.8) is 0 Å². The topological polar surface area (TPSA) is 30.0 Å². The Morgan fingerprint density at radius 3 is 2.68 bits per heavy atom. The molecule has 2 aromatic heterocycles. The van der Waals surface area contributed by atoms with Gasteiger partial charge in [-0.15, -0.1) is 11.3 Å². The highest BCUT2D eigenvalue weighted by Gasteiger charge is 2.31. The average molecular weight is 292 g/mol. The minimum Gasteiger partial charge on any atom is -0.294 e. The van der Waals surface area contributed by atoms with E-state index in [0.717, 1.165) is 32.6 Å². The van der Waals surface area contributed by atoms with Crippen LogP contribution in [0.25, 0.3) is 10.6 Å². The molecule has 0 saturated heterocycles. The van der Waals surface area contributed by atoms with E-state index in [1.54, 1.807) is 0 Å². The monoisotopic (exact) mass is 291 g/mol. The van der Waals surface area contributed by atoms with Gasteiger partial charge in [-0.05, 0) is 36.1 Å². The van der Waals surface area contributed by atoms with Crippen molar-refractivity contribution in [3.05, 3.63) is 39.9 Å². The van der Waals surface area contributed by atoms with Crippen molar-refractivity contribution >= 4 is 28.7 Å². The van der Waals surface area contributed by atoms with Crippen LogP contribution in [-0.4, -0.2) is 10.8 Å². The molecule has 19 heavy (non-hydrogen) atoms. The maximum atomic E-state index is 12.1. The Balaban J connectivity index is 2.06. The van der Waals surface area contributed by atoms with Gasteiger partial charge in [0.25, 0.3) is 0 Å². The first-order valence-electron chi connectivity index (χ1n) is 6.23. The highest BCUT2D eigenvalue weighted by Crippen LogP contribution is 2.36. The number of hydrogen-bond donors (Lipinski definition) is 0. The summed E-state index contributed by atoms with van der Waals surface area (Å²) >= 11 is 7.47. The fourth-order valence-electron chi connectivity index (χ4n) is 2.52. The lowest BCUT2D eigenvalue weighted by molar-refractivity contribution is 0.0910. The Kier molecular flexibility index (Phi) is 2.99. The Morgan fingerprint density at radius 1 is 1.21 bits per heavy atom. The number of pyridine rings is 1. The molecular formula is C15H14ClNOS. The smallest absolute Gasteiger partial charge is 0.165 e. The molecule has 4 heteroatoms. The number of thiophene rings is 1. The highest BCUT2D eigenvalue weighted by atomic mass is 35.5. The molecule has 98 valence electrons. The Bertz CT molecular complexity index is 660. The van der Waals surface area contributed by atoms with Crippen LogP contribution in [0, 0.1) is 5.41 Å². The van der Waals surface area contributed by atoms with Gasteiger partial charge in [-0.3, -0.25) is 9.78 Å². The van der Waals surface area contributed by atoms with E-state index in [4.69, 9.17) is 11.6 Å². The third-order valence-corrected chi connectivity index (χ3v) is 4.64. The van der Waals surface area contributed by atoms with Crippen LogP contribution in [0.2, 0.25) is 4.34 Å². The van der Waals surface area contributed by atoms with Crippen LogP contribution in [0.15, 0.2) is 24.3 Å². The van der Waals surface area contributed by atoms with Gasteiger partial charge < -0.3 is 0 Å². The summed E-state index contributed by atoms with van der Waals surface area (Å²) in [4.78, 5) is 17.8. The second kappa shape index (κ2) is 4.43. The molecule has 0 fully saturated rings. The second-order valence-electron chi connectivity index (χ2n) is 5.74. The molecule has 2 heterocycles. The van der Waals surface area contributed by atoms with Crippen LogP contribution in [0.1, 0.15) is 36.3 Å². The van der Waals surface area contributed by atoms with E-state index in [0.29, 0.717) is 6.42 Å². The molecule has 0 radical (unpaired) electrons. The average Bonchev–Trinajstić information content (AvgIpc) is 2.73. The van der Waals surface area contributed by atoms with Gasteiger partial charge >= 0.3 is 0 Å². The normalized spacial score (nSPS) is 17.3. The van der Waals surface area contributed by atoms with E-state index >= 15 is 0 Å². The van der Waals surface area contributed by atoms with E-state index in [9.17, 15) is 4.79 Å². The minimum absolute atomic E-state index is 0.00278. The Morgan fingerprint density at radius 2 is 2.00 bits per heavy atom. The summed E-state index contributed by atoms with van der Waals surface area (Å²) < 4.78 is 0.755. The summed E-state index contributed by atoms with van der Waals surface area (Å²) in [6.45, 7) is 4.23. The van der Waals surface area contributed by atoms with Gasteiger partial charge in [0.1, 0.15) is 0 Å². The van der Waals surface area contributed by atoms with E-state index < -0.39 is 0 Å². The fourth-order valence-corrected chi connectivity index (χ4v) is 3.54. The number of carbonyl (C=O) groups excluding carboxylic acids is 1. The predicted molar refractivity (Wildman–Crippen MR) is 79.0 cm³/mol. The van der Waals surface area contributed by atoms with E-state index in [1.165, 1.54) is 11.3 Å². The van der Waals surface area contributed by atoms with Crippen molar-refractivity contribution in [1.29, 1.82) is 0 Å². The number of aromatic nitrogens is 1. The zero-order valence-electron chi connectivity index (χ0n) is 10.9. The summed E-state index contributed by atoms with van der Waals surface area (Å²) in [5.41, 5.74) is 2.61. The number of rotatable bonds is 1. The van der Waals surface area contributed by atoms with E-state index in [-0.39, 0.29) is 11.2 Å². The lowest BCUT2D eigenvalue weighted by atomic mass is 9.75. The fraction of sp³-hybridized carbons (Fsp3) is 0.333. The number of fused-ring (bicyclic) bond motifs is 1. The third-order valence-electron chi connectivity index (χ3n) is 3.39. The summed E-state index contributed by atoms with van der Waals surface area (Å²) in [5, 5.41) is 0. The van der Waals surface area contributed by atoms with Crippen LogP contribution < -0.4 is 0 Å². The third kappa shape index (κ3) is 2.45. The predicted octanol–water partition coefficient (Wildman–Crippen LogP) is 4.62. The number of ketones is 1. The summed E-state index contributed by atoms with van der Waals surface area (Å²) in [7, 11) is 0. The molecule has 0 atom stereocenters. The zero-order valence-corrected chi connectivity index (χ0v) is 12.4. The first kappa shape index (κ1) is 12.8. The van der Waals surface area contributed by atoms with Gasteiger partial charge in [0.05, 0.1) is 20.6 Å². The SMILES string of the molecule is CC1(C)CC(=O)c2ccc(-c3ccc(Cl)s3)nc2C1. The maximum absolute atomic E-state index is 12.1. The maximum Gasteiger partial charge on any atom is 0.165 e. The zero-order chi connectivity index (χ0) is 13.6. The molecule has 0 bridgehead atoms. The Labute approximate surface area is 121 Å². The van der Waals surface area contributed by atoms with Crippen LogP contribution in [0.3, 0.4) is 0 Å². The number of Topliss-reactive ketones (excluding diaryl/α,β-unsaturated/α-hetero) is 1. The van der Waals surface area contributed by atoms with Crippen molar-refractivity contribution in [2.75, 3.05) is 0 Å². The molecule has 1 aliphatic carbocycles.